The lowest BCUT2D eigenvalue weighted by atomic mass is 10.0. The Morgan fingerprint density at radius 1 is 1.18 bits per heavy atom. The fraction of sp³-hybridized carbons (Fsp3) is 0.421. The Labute approximate surface area is 166 Å². The molecular weight excluding hydrogens is 386 g/mol. The van der Waals surface area contributed by atoms with Crippen LogP contribution in [0.2, 0.25) is 0 Å². The number of aryl methyl sites for hydroxylation is 1. The number of rotatable bonds is 9. The van der Waals surface area contributed by atoms with Crippen molar-refractivity contribution in [1.29, 1.82) is 0 Å². The van der Waals surface area contributed by atoms with Gasteiger partial charge in [-0.1, -0.05) is 0 Å². The van der Waals surface area contributed by atoms with Gasteiger partial charge in [-0.25, -0.2) is 9.78 Å². The number of aliphatic hydroxyl groups is 1. The summed E-state index contributed by atoms with van der Waals surface area (Å²) >= 11 is 0.996. The van der Waals surface area contributed by atoms with Gasteiger partial charge < -0.3 is 24.4 Å². The first-order chi connectivity index (χ1) is 13.3. The Morgan fingerprint density at radius 2 is 1.79 bits per heavy atom. The van der Waals surface area contributed by atoms with Crippen molar-refractivity contribution in [3.63, 3.8) is 0 Å². The molecule has 0 radical (unpaired) electrons. The molecule has 1 heterocycles. The lowest BCUT2D eigenvalue weighted by molar-refractivity contribution is -0.139. The maximum Gasteiger partial charge on any atom is 0.347 e. The minimum atomic E-state index is -1.14. The molecule has 1 aromatic carbocycles. The second-order valence-electron chi connectivity index (χ2n) is 6.05. The van der Waals surface area contributed by atoms with Gasteiger partial charge in [0.2, 0.25) is 0 Å². The molecule has 28 heavy (non-hydrogen) atoms. The molecule has 0 fully saturated rings. The molecule has 1 aromatic heterocycles. The van der Waals surface area contributed by atoms with E-state index in [-0.39, 0.29) is 17.0 Å². The van der Waals surface area contributed by atoms with Gasteiger partial charge in [0.05, 0.1) is 44.6 Å². The number of nitrogens with zero attached hydrogens (tertiary/aromatic N) is 1. The van der Waals surface area contributed by atoms with Gasteiger partial charge in [0.25, 0.3) is 0 Å². The molecule has 152 valence electrons. The number of hydrogen-bond acceptors (Lipinski definition) is 8. The minimum absolute atomic E-state index is 0.00793. The lowest BCUT2D eigenvalue weighted by Crippen LogP contribution is -2.08. The van der Waals surface area contributed by atoms with E-state index in [0.29, 0.717) is 34.9 Å². The largest absolute Gasteiger partial charge is 0.496 e. The Kier molecular flexibility index (Phi) is 7.36. The average molecular weight is 409 g/mol. The predicted molar refractivity (Wildman–Crippen MR) is 102 cm³/mol. The van der Waals surface area contributed by atoms with Crippen LogP contribution in [0.1, 0.15) is 44.0 Å². The highest BCUT2D eigenvalue weighted by atomic mass is 32.1. The summed E-state index contributed by atoms with van der Waals surface area (Å²) in [6, 6.07) is 3.49. The highest BCUT2D eigenvalue weighted by Gasteiger charge is 2.21. The van der Waals surface area contributed by atoms with Gasteiger partial charge in [-0.3, -0.25) is 4.79 Å². The van der Waals surface area contributed by atoms with E-state index in [9.17, 15) is 19.8 Å². The molecule has 0 aliphatic carbocycles. The summed E-state index contributed by atoms with van der Waals surface area (Å²) in [5.74, 6) is -0.484. The molecule has 0 spiro atoms. The van der Waals surface area contributed by atoms with Crippen LogP contribution in [0, 0.1) is 6.92 Å². The van der Waals surface area contributed by atoms with Crippen LogP contribution in [-0.4, -0.2) is 48.5 Å². The number of esters is 1. The topological polar surface area (TPSA) is 115 Å². The van der Waals surface area contributed by atoms with Crippen LogP contribution in [0.3, 0.4) is 0 Å². The number of aromatic nitrogens is 1. The van der Waals surface area contributed by atoms with E-state index in [2.05, 4.69) is 9.72 Å². The molecule has 2 N–H and O–H groups in total. The molecule has 0 unspecified atom stereocenters. The Hall–Kier alpha value is -2.65. The first-order valence-electron chi connectivity index (χ1n) is 8.49. The van der Waals surface area contributed by atoms with Gasteiger partial charge in [0.1, 0.15) is 16.4 Å². The van der Waals surface area contributed by atoms with Crippen LogP contribution in [0.15, 0.2) is 12.1 Å². The second-order valence-corrected chi connectivity index (χ2v) is 7.13. The number of carboxylic acid groups (broad SMARTS) is 1. The van der Waals surface area contributed by atoms with E-state index in [0.717, 1.165) is 16.9 Å². The van der Waals surface area contributed by atoms with E-state index in [4.69, 9.17) is 9.47 Å². The standard InChI is InChI=1S/C19H23NO7S/c1-10-14(25-2)7-11(8-15(10)26-3)13(21)5-6-16-20-12(9-17(22)27-4)18(28-16)19(23)24/h7-8,13,21H,5-6,9H2,1-4H3,(H,23,24)/t13-/m0/s1. The van der Waals surface area contributed by atoms with Crippen LogP contribution in [0.4, 0.5) is 0 Å². The van der Waals surface area contributed by atoms with Crippen molar-refractivity contribution in [2.24, 2.45) is 0 Å². The maximum absolute atomic E-state index is 11.5. The van der Waals surface area contributed by atoms with Gasteiger partial charge in [0, 0.05) is 12.0 Å². The number of carbonyl (C=O) groups excluding carboxylic acids is 1. The summed E-state index contributed by atoms with van der Waals surface area (Å²) in [5.41, 5.74) is 1.64. The van der Waals surface area contributed by atoms with Gasteiger partial charge in [-0.2, -0.15) is 0 Å². The number of carbonyl (C=O) groups is 2. The Balaban J connectivity index is 2.16. The van der Waals surface area contributed by atoms with Crippen molar-refractivity contribution >= 4 is 23.3 Å². The van der Waals surface area contributed by atoms with Crippen LogP contribution in [0.5, 0.6) is 11.5 Å². The number of benzene rings is 1. The van der Waals surface area contributed by atoms with E-state index < -0.39 is 18.0 Å². The van der Waals surface area contributed by atoms with Gasteiger partial charge >= 0.3 is 11.9 Å². The zero-order valence-corrected chi connectivity index (χ0v) is 17.0. The molecule has 0 aliphatic heterocycles. The number of aromatic carboxylic acids is 1. The summed E-state index contributed by atoms with van der Waals surface area (Å²) in [6.45, 7) is 1.86. The molecular formula is C19H23NO7S. The smallest absolute Gasteiger partial charge is 0.347 e. The fourth-order valence-electron chi connectivity index (χ4n) is 2.73. The molecule has 0 saturated carbocycles. The molecule has 0 saturated heterocycles. The van der Waals surface area contributed by atoms with E-state index in [1.165, 1.54) is 7.11 Å². The number of hydrogen-bond donors (Lipinski definition) is 2. The highest BCUT2D eigenvalue weighted by Crippen LogP contribution is 2.33. The molecule has 8 nitrogen and oxygen atoms in total. The molecule has 0 bridgehead atoms. The third kappa shape index (κ3) is 4.99. The van der Waals surface area contributed by atoms with Gasteiger partial charge in [0.15, 0.2) is 0 Å². The third-order valence-corrected chi connectivity index (χ3v) is 5.41. The SMILES string of the molecule is COC(=O)Cc1nc(CC[C@H](O)c2cc(OC)c(C)c(OC)c2)sc1C(=O)O. The number of thiazole rings is 1. The van der Waals surface area contributed by atoms with Crippen molar-refractivity contribution < 1.29 is 34.0 Å². The van der Waals surface area contributed by atoms with E-state index >= 15 is 0 Å². The fourth-order valence-corrected chi connectivity index (χ4v) is 3.66. The summed E-state index contributed by atoms with van der Waals surface area (Å²) in [4.78, 5) is 27.1. The van der Waals surface area contributed by atoms with E-state index in [1.54, 1.807) is 26.4 Å². The van der Waals surface area contributed by atoms with Crippen molar-refractivity contribution in [3.8, 4) is 11.5 Å². The number of carboxylic acids is 1. The van der Waals surface area contributed by atoms with Gasteiger partial charge in [-0.15, -0.1) is 11.3 Å². The van der Waals surface area contributed by atoms with Crippen LogP contribution in [0.25, 0.3) is 0 Å². The molecule has 9 heteroatoms. The summed E-state index contributed by atoms with van der Waals surface area (Å²) in [7, 11) is 4.32. The van der Waals surface area contributed by atoms with Crippen molar-refractivity contribution in [1.82, 2.24) is 4.98 Å². The second kappa shape index (κ2) is 9.52. The zero-order valence-electron chi connectivity index (χ0n) is 16.1. The quantitative estimate of drug-likeness (QED) is 0.607. The summed E-state index contributed by atoms with van der Waals surface area (Å²) in [5, 5.41) is 20.4. The lowest BCUT2D eigenvalue weighted by Gasteiger charge is -2.16. The average Bonchev–Trinajstić information content (AvgIpc) is 3.09. The number of methoxy groups -OCH3 is 3. The third-order valence-electron chi connectivity index (χ3n) is 4.27. The predicted octanol–water partition coefficient (Wildman–Crippen LogP) is 2.55. The summed E-state index contributed by atoms with van der Waals surface area (Å²) in [6.07, 6.45) is -0.348. The highest BCUT2D eigenvalue weighted by molar-refractivity contribution is 7.13. The van der Waals surface area contributed by atoms with Crippen molar-refractivity contribution in [2.45, 2.75) is 32.3 Å². The molecule has 0 aliphatic rings. The van der Waals surface area contributed by atoms with Crippen LogP contribution < -0.4 is 9.47 Å². The van der Waals surface area contributed by atoms with Crippen molar-refractivity contribution in [3.05, 3.63) is 38.8 Å². The maximum atomic E-state index is 11.5. The van der Waals surface area contributed by atoms with Crippen molar-refractivity contribution in [2.75, 3.05) is 21.3 Å². The van der Waals surface area contributed by atoms with Crippen LogP contribution >= 0.6 is 11.3 Å². The first-order valence-corrected chi connectivity index (χ1v) is 9.31. The Bertz CT molecular complexity index is 837. The molecule has 1 atom stereocenters. The normalized spacial score (nSPS) is 11.8. The molecule has 0 amide bonds. The summed E-state index contributed by atoms with van der Waals surface area (Å²) < 4.78 is 15.2. The monoisotopic (exact) mass is 409 g/mol. The molecule has 2 aromatic rings. The number of ether oxygens (including phenoxy) is 3. The molecule has 2 rings (SSSR count). The number of aliphatic hydroxyl groups excluding tert-OH is 1. The minimum Gasteiger partial charge on any atom is -0.496 e. The van der Waals surface area contributed by atoms with E-state index in [1.807, 2.05) is 6.92 Å². The van der Waals surface area contributed by atoms with Gasteiger partial charge in [-0.05, 0) is 31.0 Å². The zero-order chi connectivity index (χ0) is 20.8. The first kappa shape index (κ1) is 21.6. The Morgan fingerprint density at radius 3 is 2.29 bits per heavy atom. The van der Waals surface area contributed by atoms with Crippen LogP contribution in [-0.2, 0) is 22.4 Å².